The molecule has 6 nitrogen and oxygen atoms in total. The van der Waals surface area contributed by atoms with Crippen molar-refractivity contribution < 1.29 is 26.7 Å². The Bertz CT molecular complexity index is 1120. The van der Waals surface area contributed by atoms with Gasteiger partial charge in [0.1, 0.15) is 5.75 Å². The van der Waals surface area contributed by atoms with Gasteiger partial charge in [-0.05, 0) is 53.9 Å². The molecule has 158 valence electrons. The molecular formula is C19H15ClF2N2O4S2. The molecule has 0 saturated carbocycles. The second kappa shape index (κ2) is 9.52. The number of rotatable bonds is 8. The predicted molar refractivity (Wildman–Crippen MR) is 111 cm³/mol. The largest absolute Gasteiger partial charge is 0.433 e. The molecule has 0 spiro atoms. The highest BCUT2D eigenvalue weighted by Crippen LogP contribution is 2.29. The summed E-state index contributed by atoms with van der Waals surface area (Å²) in [7, 11) is -3.73. The van der Waals surface area contributed by atoms with E-state index in [1.807, 2.05) is 17.5 Å². The third-order valence-electron chi connectivity index (χ3n) is 3.85. The van der Waals surface area contributed by atoms with Crippen LogP contribution in [0.5, 0.6) is 5.75 Å². The molecule has 0 saturated heterocycles. The lowest BCUT2D eigenvalue weighted by atomic mass is 10.2. The monoisotopic (exact) mass is 472 g/mol. The molecule has 1 amide bonds. The van der Waals surface area contributed by atoms with Gasteiger partial charge in [-0.15, -0.1) is 11.3 Å². The Morgan fingerprint density at radius 2 is 1.87 bits per heavy atom. The van der Waals surface area contributed by atoms with Gasteiger partial charge in [-0.1, -0.05) is 17.7 Å². The molecule has 0 bridgehead atoms. The number of ether oxygens (including phenoxy) is 1. The van der Waals surface area contributed by atoms with Crippen molar-refractivity contribution in [2.45, 2.75) is 18.1 Å². The molecule has 0 radical (unpaired) electrons. The average molecular weight is 473 g/mol. The van der Waals surface area contributed by atoms with E-state index in [1.54, 1.807) is 0 Å². The first-order chi connectivity index (χ1) is 14.2. The SMILES string of the molecule is O=C(Nc1ccc(OC(F)F)c(Cl)c1)c1ccc(S(=O)(=O)NCc2cccs2)cc1. The first kappa shape index (κ1) is 22.2. The van der Waals surface area contributed by atoms with Crippen molar-refractivity contribution in [1.82, 2.24) is 4.72 Å². The smallest absolute Gasteiger partial charge is 0.387 e. The van der Waals surface area contributed by atoms with E-state index in [4.69, 9.17) is 11.6 Å². The number of amides is 1. The molecule has 2 aromatic carbocycles. The van der Waals surface area contributed by atoms with Crippen LogP contribution in [0.25, 0.3) is 0 Å². The van der Waals surface area contributed by atoms with E-state index < -0.39 is 22.5 Å². The molecule has 0 aliphatic rings. The predicted octanol–water partition coefficient (Wildman–Crippen LogP) is 4.73. The maximum atomic E-state index is 12.4. The molecule has 0 unspecified atom stereocenters. The zero-order chi connectivity index (χ0) is 21.7. The molecule has 0 aliphatic carbocycles. The van der Waals surface area contributed by atoms with Crippen LogP contribution in [0, 0.1) is 0 Å². The maximum absolute atomic E-state index is 12.4. The Morgan fingerprint density at radius 1 is 1.13 bits per heavy atom. The number of benzene rings is 2. The molecule has 1 aromatic heterocycles. The van der Waals surface area contributed by atoms with Gasteiger partial charge in [0.15, 0.2) is 0 Å². The summed E-state index contributed by atoms with van der Waals surface area (Å²) in [5.74, 6) is -0.738. The number of carbonyl (C=O) groups is 1. The maximum Gasteiger partial charge on any atom is 0.387 e. The summed E-state index contributed by atoms with van der Waals surface area (Å²) in [5.41, 5.74) is 0.470. The number of halogens is 3. The van der Waals surface area contributed by atoms with E-state index >= 15 is 0 Å². The van der Waals surface area contributed by atoms with E-state index in [9.17, 15) is 22.0 Å². The standard InChI is InChI=1S/C19H15ClF2N2O4S2/c20-16-10-13(5-8-17(16)28-19(21)22)24-18(25)12-3-6-15(7-4-12)30(26,27)23-11-14-2-1-9-29-14/h1-10,19,23H,11H2,(H,24,25). The number of hydrogen-bond donors (Lipinski definition) is 2. The molecule has 11 heteroatoms. The third kappa shape index (κ3) is 5.76. The Labute approximate surface area is 180 Å². The minimum atomic E-state index is -3.73. The first-order valence-electron chi connectivity index (χ1n) is 8.42. The Morgan fingerprint density at radius 3 is 2.47 bits per heavy atom. The normalized spacial score (nSPS) is 11.5. The lowest BCUT2D eigenvalue weighted by molar-refractivity contribution is -0.0497. The fourth-order valence-corrected chi connectivity index (χ4v) is 4.39. The second-order valence-corrected chi connectivity index (χ2v) is 9.11. The van der Waals surface area contributed by atoms with Gasteiger partial charge in [0.25, 0.3) is 5.91 Å². The van der Waals surface area contributed by atoms with Crippen molar-refractivity contribution >= 4 is 44.6 Å². The summed E-state index contributed by atoms with van der Waals surface area (Å²) in [6, 6.07) is 12.8. The Hall–Kier alpha value is -2.53. The molecule has 0 aliphatic heterocycles. The number of thiophene rings is 1. The van der Waals surface area contributed by atoms with Crippen molar-refractivity contribution in [2.24, 2.45) is 0 Å². The van der Waals surface area contributed by atoms with Crippen LogP contribution in [0.3, 0.4) is 0 Å². The fraction of sp³-hybridized carbons (Fsp3) is 0.105. The lowest BCUT2D eigenvalue weighted by Crippen LogP contribution is -2.23. The van der Waals surface area contributed by atoms with Crippen LogP contribution in [0.4, 0.5) is 14.5 Å². The van der Waals surface area contributed by atoms with Crippen LogP contribution in [0.2, 0.25) is 5.02 Å². The van der Waals surface area contributed by atoms with Crippen LogP contribution in [-0.4, -0.2) is 20.9 Å². The third-order valence-corrected chi connectivity index (χ3v) is 6.44. The van der Waals surface area contributed by atoms with E-state index in [0.717, 1.165) is 4.88 Å². The number of sulfonamides is 1. The van der Waals surface area contributed by atoms with Crippen LogP contribution < -0.4 is 14.8 Å². The van der Waals surface area contributed by atoms with Crippen molar-refractivity contribution in [1.29, 1.82) is 0 Å². The van der Waals surface area contributed by atoms with Gasteiger partial charge >= 0.3 is 6.61 Å². The van der Waals surface area contributed by atoms with Crippen LogP contribution >= 0.6 is 22.9 Å². The highest BCUT2D eigenvalue weighted by Gasteiger charge is 2.16. The van der Waals surface area contributed by atoms with E-state index in [2.05, 4.69) is 14.8 Å². The molecule has 2 N–H and O–H groups in total. The number of alkyl halides is 2. The number of anilines is 1. The van der Waals surface area contributed by atoms with Crippen molar-refractivity contribution in [3.8, 4) is 5.75 Å². The second-order valence-electron chi connectivity index (χ2n) is 5.91. The van der Waals surface area contributed by atoms with Crippen molar-refractivity contribution in [3.05, 3.63) is 75.4 Å². The molecule has 1 heterocycles. The zero-order valence-corrected chi connectivity index (χ0v) is 17.5. The number of carbonyl (C=O) groups excluding carboxylic acids is 1. The van der Waals surface area contributed by atoms with Gasteiger partial charge in [0, 0.05) is 22.7 Å². The Balaban J connectivity index is 1.65. The minimum absolute atomic E-state index is 0.0205. The highest BCUT2D eigenvalue weighted by atomic mass is 35.5. The van der Waals surface area contributed by atoms with Gasteiger partial charge in [0.2, 0.25) is 10.0 Å². The summed E-state index contributed by atoms with van der Waals surface area (Å²) < 4.78 is 56.0. The molecular weight excluding hydrogens is 458 g/mol. The van der Waals surface area contributed by atoms with Crippen LogP contribution in [-0.2, 0) is 16.6 Å². The average Bonchev–Trinajstić information content (AvgIpc) is 3.22. The van der Waals surface area contributed by atoms with Gasteiger partial charge in [-0.3, -0.25) is 4.79 Å². The zero-order valence-electron chi connectivity index (χ0n) is 15.1. The summed E-state index contributed by atoms with van der Waals surface area (Å²) in [5, 5.41) is 4.31. The van der Waals surface area contributed by atoms with E-state index in [-0.39, 0.29) is 33.5 Å². The summed E-state index contributed by atoms with van der Waals surface area (Å²) in [6.07, 6.45) is 0. The molecule has 3 aromatic rings. The van der Waals surface area contributed by atoms with Crippen LogP contribution in [0.15, 0.2) is 64.9 Å². The van der Waals surface area contributed by atoms with Gasteiger partial charge in [-0.25, -0.2) is 13.1 Å². The number of nitrogens with one attached hydrogen (secondary N) is 2. The molecule has 0 fully saturated rings. The summed E-state index contributed by atoms with van der Waals surface area (Å²) >= 11 is 7.29. The quantitative estimate of drug-likeness (QED) is 0.496. The Kier molecular flexibility index (Phi) is 7.03. The van der Waals surface area contributed by atoms with Crippen molar-refractivity contribution in [2.75, 3.05) is 5.32 Å². The first-order valence-corrected chi connectivity index (χ1v) is 11.2. The van der Waals surface area contributed by atoms with Crippen LogP contribution in [0.1, 0.15) is 15.2 Å². The van der Waals surface area contributed by atoms with Gasteiger partial charge in [-0.2, -0.15) is 8.78 Å². The fourth-order valence-electron chi connectivity index (χ4n) is 2.42. The molecule has 3 rings (SSSR count). The molecule has 30 heavy (non-hydrogen) atoms. The summed E-state index contributed by atoms with van der Waals surface area (Å²) in [6.45, 7) is -2.84. The van der Waals surface area contributed by atoms with Gasteiger partial charge in [0.05, 0.1) is 9.92 Å². The van der Waals surface area contributed by atoms with Crippen molar-refractivity contribution in [3.63, 3.8) is 0 Å². The topological polar surface area (TPSA) is 84.5 Å². The highest BCUT2D eigenvalue weighted by molar-refractivity contribution is 7.89. The minimum Gasteiger partial charge on any atom is -0.433 e. The lowest BCUT2D eigenvalue weighted by Gasteiger charge is -2.10. The summed E-state index contributed by atoms with van der Waals surface area (Å²) in [4.78, 5) is 13.3. The van der Waals surface area contributed by atoms with Gasteiger partial charge < -0.3 is 10.1 Å². The molecule has 0 atom stereocenters. The van der Waals surface area contributed by atoms with E-state index in [0.29, 0.717) is 0 Å². The number of hydrogen-bond acceptors (Lipinski definition) is 5. The van der Waals surface area contributed by atoms with E-state index in [1.165, 1.54) is 53.8 Å².